The summed E-state index contributed by atoms with van der Waals surface area (Å²) in [6.45, 7) is 3.69. The average Bonchev–Trinajstić information content (AvgIpc) is 2.82. The summed E-state index contributed by atoms with van der Waals surface area (Å²) in [4.78, 5) is 51.3. The number of amides is 1. The first-order chi connectivity index (χ1) is 16.5. The molecule has 0 aromatic heterocycles. The molecule has 0 bridgehead atoms. The molecule has 9 heteroatoms. The average molecular weight is 498 g/mol. The summed E-state index contributed by atoms with van der Waals surface area (Å²) in [5, 5.41) is 16.8. The van der Waals surface area contributed by atoms with Crippen LogP contribution in [0.5, 0.6) is 5.75 Å². The monoisotopic (exact) mass is 497 g/mol. The Hall–Kier alpha value is -3.65. The van der Waals surface area contributed by atoms with E-state index >= 15 is 0 Å². The fraction of sp³-hybridized carbons (Fsp3) is 0.308. The number of nitrogens with zero attached hydrogens (tertiary/aromatic N) is 1. The molecule has 1 atom stereocenters. The third kappa shape index (κ3) is 5.71. The number of phenolic OH excluding ortho intramolecular Hbond substituents is 1. The number of hydrogen-bond acceptors (Lipinski definition) is 7. The Bertz CT molecular complexity index is 1330. The van der Waals surface area contributed by atoms with Gasteiger partial charge >= 0.3 is 0 Å². The molecule has 3 rings (SSSR count). The van der Waals surface area contributed by atoms with E-state index < -0.39 is 22.8 Å². The van der Waals surface area contributed by atoms with Crippen LogP contribution in [0, 0.1) is 5.92 Å². The maximum absolute atomic E-state index is 13.0. The van der Waals surface area contributed by atoms with Gasteiger partial charge in [0.1, 0.15) is 11.4 Å². The molecule has 184 valence electrons. The zero-order chi connectivity index (χ0) is 25.9. The molecular weight excluding hydrogens is 470 g/mol. The van der Waals surface area contributed by atoms with Crippen molar-refractivity contribution in [3.05, 3.63) is 79.1 Å². The Kier molecular flexibility index (Phi) is 7.96. The fourth-order valence-electron chi connectivity index (χ4n) is 3.73. The quantitative estimate of drug-likeness (QED) is 0.289. The number of phenols is 1. The van der Waals surface area contributed by atoms with E-state index in [9.17, 15) is 24.3 Å². The molecule has 8 nitrogen and oxygen atoms in total. The van der Waals surface area contributed by atoms with Gasteiger partial charge in [0, 0.05) is 25.5 Å². The molecule has 0 radical (unpaired) electrons. The van der Waals surface area contributed by atoms with Crippen molar-refractivity contribution in [1.29, 1.82) is 0 Å². The van der Waals surface area contributed by atoms with E-state index in [0.717, 1.165) is 5.56 Å². The Morgan fingerprint density at radius 3 is 2.31 bits per heavy atom. The van der Waals surface area contributed by atoms with E-state index in [1.165, 1.54) is 17.0 Å². The van der Waals surface area contributed by atoms with Crippen LogP contribution in [0.2, 0.25) is 5.02 Å². The van der Waals surface area contributed by atoms with E-state index in [0.29, 0.717) is 11.4 Å². The number of anilines is 3. The molecule has 0 fully saturated rings. The summed E-state index contributed by atoms with van der Waals surface area (Å²) < 4.78 is 0. The van der Waals surface area contributed by atoms with Gasteiger partial charge in [0.15, 0.2) is 11.5 Å². The number of nitrogens with one attached hydrogen (secondary N) is 2. The van der Waals surface area contributed by atoms with Crippen molar-refractivity contribution in [2.75, 3.05) is 24.7 Å². The highest BCUT2D eigenvalue weighted by molar-refractivity contribution is 6.30. The van der Waals surface area contributed by atoms with Gasteiger partial charge in [0.2, 0.25) is 0 Å². The number of carbonyl (C=O) groups excluding carboxylic acids is 2. The second kappa shape index (κ2) is 10.7. The molecule has 3 N–H and O–H groups in total. The predicted octanol–water partition coefficient (Wildman–Crippen LogP) is 3.73. The van der Waals surface area contributed by atoms with E-state index in [1.807, 2.05) is 26.0 Å². The topological polar surface area (TPSA) is 116 Å². The van der Waals surface area contributed by atoms with Crippen molar-refractivity contribution in [2.45, 2.75) is 32.7 Å². The number of hydrogen-bond donors (Lipinski definition) is 3. The number of Topliss-reactive ketones (excluding diaryl/α,β-unsaturated/α-hetero) is 1. The normalized spacial score (nSPS) is 11.9. The van der Waals surface area contributed by atoms with Crippen molar-refractivity contribution >= 4 is 40.4 Å². The van der Waals surface area contributed by atoms with Crippen molar-refractivity contribution in [2.24, 2.45) is 5.92 Å². The summed E-state index contributed by atoms with van der Waals surface area (Å²) in [6, 6.07) is 11.1. The zero-order valence-electron chi connectivity index (χ0n) is 20.0. The number of rotatable bonds is 10. The maximum atomic E-state index is 13.0. The Morgan fingerprint density at radius 2 is 1.69 bits per heavy atom. The van der Waals surface area contributed by atoms with Gasteiger partial charge in [-0.25, -0.2) is 0 Å². The van der Waals surface area contributed by atoms with Gasteiger partial charge in [-0.3, -0.25) is 19.2 Å². The van der Waals surface area contributed by atoms with Crippen LogP contribution in [-0.2, 0) is 11.2 Å². The molecule has 1 amide bonds. The Morgan fingerprint density at radius 1 is 1.03 bits per heavy atom. The number of benzene rings is 2. The molecule has 3 aromatic rings. The molecule has 0 spiro atoms. The van der Waals surface area contributed by atoms with Gasteiger partial charge in [0.05, 0.1) is 17.3 Å². The third-order valence-corrected chi connectivity index (χ3v) is 5.94. The zero-order valence-corrected chi connectivity index (χ0v) is 20.8. The van der Waals surface area contributed by atoms with Crippen LogP contribution in [0.1, 0.15) is 36.2 Å². The first-order valence-corrected chi connectivity index (χ1v) is 11.6. The van der Waals surface area contributed by atoms with Gasteiger partial charge in [-0.2, -0.15) is 0 Å². The lowest BCUT2D eigenvalue weighted by Gasteiger charge is -2.25. The number of aryl methyl sites for hydroxylation is 1. The number of aromatic hydroxyl groups is 1. The minimum atomic E-state index is -0.773. The highest BCUT2D eigenvalue weighted by atomic mass is 35.5. The maximum Gasteiger partial charge on any atom is 0.257 e. The molecule has 0 aliphatic carbocycles. The van der Waals surface area contributed by atoms with E-state index in [1.54, 1.807) is 32.3 Å². The van der Waals surface area contributed by atoms with E-state index in [-0.39, 0.29) is 46.5 Å². The van der Waals surface area contributed by atoms with Gasteiger partial charge in [-0.15, -0.1) is 0 Å². The predicted molar refractivity (Wildman–Crippen MR) is 138 cm³/mol. The highest BCUT2D eigenvalue weighted by Crippen LogP contribution is 2.32. The molecular formula is C26H28ClN3O5. The summed E-state index contributed by atoms with van der Waals surface area (Å²) >= 11 is 6.02. The third-order valence-electron chi connectivity index (χ3n) is 5.71. The fourth-order valence-corrected chi connectivity index (χ4v) is 3.94. The van der Waals surface area contributed by atoms with Crippen LogP contribution in [-0.4, -0.2) is 41.8 Å². The second-order valence-electron chi connectivity index (χ2n) is 8.90. The Labute approximate surface area is 208 Å². The van der Waals surface area contributed by atoms with Gasteiger partial charge in [-0.1, -0.05) is 43.6 Å². The summed E-state index contributed by atoms with van der Waals surface area (Å²) in [6.07, 6.45) is 0.714. The smallest absolute Gasteiger partial charge is 0.257 e. The van der Waals surface area contributed by atoms with Crippen molar-refractivity contribution in [1.82, 2.24) is 4.90 Å². The molecule has 3 aromatic carbocycles. The minimum Gasteiger partial charge on any atom is -0.505 e. The molecule has 0 saturated heterocycles. The molecule has 0 saturated carbocycles. The summed E-state index contributed by atoms with van der Waals surface area (Å²) in [5.41, 5.74) is -0.536. The van der Waals surface area contributed by atoms with Crippen LogP contribution < -0.4 is 21.5 Å². The molecule has 0 aliphatic rings. The van der Waals surface area contributed by atoms with Crippen LogP contribution in [0.25, 0.3) is 0 Å². The van der Waals surface area contributed by atoms with Crippen LogP contribution in [0.4, 0.5) is 17.1 Å². The minimum absolute atomic E-state index is 0.0199. The molecule has 0 unspecified atom stereocenters. The van der Waals surface area contributed by atoms with Crippen molar-refractivity contribution in [3.63, 3.8) is 0 Å². The second-order valence-corrected chi connectivity index (χ2v) is 9.33. The first kappa shape index (κ1) is 26.0. The van der Waals surface area contributed by atoms with Gasteiger partial charge in [-0.05, 0) is 42.2 Å². The van der Waals surface area contributed by atoms with E-state index in [2.05, 4.69) is 10.6 Å². The lowest BCUT2D eigenvalue weighted by atomic mass is 9.94. The lowest BCUT2D eigenvalue weighted by molar-refractivity contribution is -0.120. The van der Waals surface area contributed by atoms with Gasteiger partial charge < -0.3 is 20.6 Å². The van der Waals surface area contributed by atoms with Crippen molar-refractivity contribution < 1.29 is 14.7 Å². The Balaban J connectivity index is 1.80. The number of carbonyl (C=O) groups is 2. The summed E-state index contributed by atoms with van der Waals surface area (Å²) in [7, 11) is 3.10. The van der Waals surface area contributed by atoms with E-state index in [4.69, 9.17) is 11.6 Å². The number of para-hydroxylation sites is 1. The van der Waals surface area contributed by atoms with Gasteiger partial charge in [0.25, 0.3) is 16.8 Å². The lowest BCUT2D eigenvalue weighted by Crippen LogP contribution is -2.43. The van der Waals surface area contributed by atoms with Crippen LogP contribution >= 0.6 is 11.6 Å². The largest absolute Gasteiger partial charge is 0.505 e. The van der Waals surface area contributed by atoms with Crippen molar-refractivity contribution in [3.8, 4) is 5.75 Å². The standard InChI is InChI=1S/C26H28ClN3O5/c1-14(2)20(19(31)12-11-15-7-5-8-16(27)13-15)29-22-21(24(33)25(22)34)28-18-10-6-9-17(23(18)32)26(35)30(3)4/h5-10,13-14,20,28-29,32H,11-12H2,1-4H3/t20-/m1/s1. The number of ketones is 1. The SMILES string of the molecule is CC(C)[C@@H](Nc1c(Nc2cccc(C(=O)N(C)C)c2O)c(=O)c1=O)C(=O)CCc1cccc(Cl)c1. The summed E-state index contributed by atoms with van der Waals surface area (Å²) in [5.74, 6) is -1.03. The highest BCUT2D eigenvalue weighted by Gasteiger charge is 2.29. The first-order valence-electron chi connectivity index (χ1n) is 11.2. The van der Waals surface area contributed by atoms with Crippen LogP contribution in [0.3, 0.4) is 0 Å². The molecule has 35 heavy (non-hydrogen) atoms. The molecule has 0 heterocycles. The van der Waals surface area contributed by atoms with Crippen LogP contribution in [0.15, 0.2) is 52.1 Å². The molecule has 0 aliphatic heterocycles. The number of halogens is 1.